The molecular formula is C23H21F2N5O2S. The molecule has 1 aromatic carbocycles. The van der Waals surface area contributed by atoms with E-state index in [2.05, 4.69) is 27.6 Å². The lowest BCUT2D eigenvalue weighted by Crippen LogP contribution is -2.32. The molecule has 10 heteroatoms. The number of rotatable bonds is 6. The highest BCUT2D eigenvalue weighted by Gasteiger charge is 2.20. The maximum Gasteiger partial charge on any atom is 0.387 e. The molecule has 0 bridgehead atoms. The van der Waals surface area contributed by atoms with E-state index in [1.165, 1.54) is 28.0 Å². The summed E-state index contributed by atoms with van der Waals surface area (Å²) in [7, 11) is 0. The van der Waals surface area contributed by atoms with E-state index in [9.17, 15) is 18.8 Å². The van der Waals surface area contributed by atoms with Gasteiger partial charge in [0.25, 0.3) is 5.56 Å². The van der Waals surface area contributed by atoms with Crippen LogP contribution >= 0.6 is 11.3 Å². The van der Waals surface area contributed by atoms with Crippen molar-refractivity contribution in [3.8, 4) is 11.8 Å². The van der Waals surface area contributed by atoms with Crippen molar-refractivity contribution >= 4 is 23.0 Å². The van der Waals surface area contributed by atoms with Crippen molar-refractivity contribution in [1.29, 1.82) is 5.26 Å². The van der Waals surface area contributed by atoms with Crippen LogP contribution < -0.4 is 19.5 Å². The Morgan fingerprint density at radius 1 is 1.27 bits per heavy atom. The van der Waals surface area contributed by atoms with Crippen molar-refractivity contribution < 1.29 is 13.5 Å². The molecule has 3 aromatic rings. The lowest BCUT2D eigenvalue weighted by atomic mass is 10.2. The Kier molecular flexibility index (Phi) is 6.79. The molecule has 2 aromatic heterocycles. The highest BCUT2D eigenvalue weighted by molar-refractivity contribution is 7.07. The van der Waals surface area contributed by atoms with Gasteiger partial charge >= 0.3 is 6.61 Å². The number of aryl methyl sites for hydroxylation is 1. The number of benzene rings is 1. The van der Waals surface area contributed by atoms with Crippen molar-refractivity contribution in [2.24, 2.45) is 0 Å². The Labute approximate surface area is 192 Å². The summed E-state index contributed by atoms with van der Waals surface area (Å²) in [6, 6.07) is 8.22. The average molecular weight is 470 g/mol. The van der Waals surface area contributed by atoms with Gasteiger partial charge in [-0.25, -0.2) is 0 Å². The molecule has 0 atom stereocenters. The second-order valence-electron chi connectivity index (χ2n) is 7.46. The first-order valence-electron chi connectivity index (χ1n) is 10.5. The van der Waals surface area contributed by atoms with Gasteiger partial charge in [-0.2, -0.15) is 14.0 Å². The second-order valence-corrected chi connectivity index (χ2v) is 8.49. The summed E-state index contributed by atoms with van der Waals surface area (Å²) in [6.07, 6.45) is 7.15. The third kappa shape index (κ3) is 4.78. The zero-order valence-corrected chi connectivity index (χ0v) is 18.5. The van der Waals surface area contributed by atoms with E-state index in [-0.39, 0.29) is 17.9 Å². The van der Waals surface area contributed by atoms with E-state index < -0.39 is 6.61 Å². The van der Waals surface area contributed by atoms with Crippen LogP contribution in [0.2, 0.25) is 0 Å². The van der Waals surface area contributed by atoms with E-state index in [0.29, 0.717) is 26.2 Å². The third-order valence-corrected chi connectivity index (χ3v) is 6.41. The minimum absolute atomic E-state index is 0.0330. The van der Waals surface area contributed by atoms with Gasteiger partial charge in [0, 0.05) is 19.5 Å². The van der Waals surface area contributed by atoms with E-state index >= 15 is 0 Å². The van der Waals surface area contributed by atoms with Gasteiger partial charge in [-0.3, -0.25) is 9.36 Å². The molecule has 1 aliphatic rings. The molecule has 0 saturated heterocycles. The third-order valence-electron chi connectivity index (χ3n) is 5.28. The van der Waals surface area contributed by atoms with Gasteiger partial charge in [0.15, 0.2) is 5.82 Å². The SMILES string of the molecule is C=CCn1c(=O)/c(=C/c2ccc(OC(F)F)cc2)s/c1=C(/C#N)c1nnc2n1CCCCC2. The molecule has 3 heterocycles. The van der Waals surface area contributed by atoms with Crippen LogP contribution in [-0.2, 0) is 19.5 Å². The van der Waals surface area contributed by atoms with Crippen LogP contribution in [0.1, 0.15) is 36.5 Å². The highest BCUT2D eigenvalue weighted by atomic mass is 32.1. The van der Waals surface area contributed by atoms with Gasteiger partial charge in [-0.05, 0) is 36.6 Å². The molecule has 33 heavy (non-hydrogen) atoms. The summed E-state index contributed by atoms with van der Waals surface area (Å²) >= 11 is 1.18. The molecule has 0 radical (unpaired) electrons. The minimum Gasteiger partial charge on any atom is -0.435 e. The Morgan fingerprint density at radius 3 is 2.76 bits per heavy atom. The zero-order chi connectivity index (χ0) is 23.4. The largest absolute Gasteiger partial charge is 0.435 e. The summed E-state index contributed by atoms with van der Waals surface area (Å²) in [4.78, 5) is 13.1. The Hall–Kier alpha value is -3.58. The number of fused-ring (bicyclic) bond motifs is 1. The summed E-state index contributed by atoms with van der Waals surface area (Å²) in [5, 5.41) is 18.6. The number of ether oxygens (including phenoxy) is 1. The number of aromatic nitrogens is 4. The van der Waals surface area contributed by atoms with Crippen LogP contribution in [0.3, 0.4) is 0 Å². The first-order chi connectivity index (χ1) is 16.0. The number of halogens is 2. The first kappa shape index (κ1) is 22.6. The molecule has 1 aliphatic heterocycles. The lowest BCUT2D eigenvalue weighted by Gasteiger charge is -2.06. The Bertz CT molecular complexity index is 1380. The molecule has 0 saturated carbocycles. The molecular weight excluding hydrogens is 448 g/mol. The maximum atomic E-state index is 13.1. The standard InChI is InChI=1S/C23H21F2N5O2S/c1-2-11-30-21(31)18(13-15-7-9-16(10-8-15)32-23(24)25)33-22(30)17(14-26)20-28-27-19-6-4-3-5-12-29(19)20/h2,7-10,13,23H,1,3-6,11-12H2/b18-13-,22-17-. The topological polar surface area (TPSA) is 85.7 Å². The zero-order valence-electron chi connectivity index (χ0n) is 17.7. The normalized spacial score (nSPS) is 15.0. The molecule has 0 unspecified atom stereocenters. The first-order valence-corrected chi connectivity index (χ1v) is 11.3. The summed E-state index contributed by atoms with van der Waals surface area (Å²) in [5.41, 5.74) is 0.660. The maximum absolute atomic E-state index is 13.1. The number of hydrogen-bond acceptors (Lipinski definition) is 6. The smallest absolute Gasteiger partial charge is 0.387 e. The van der Waals surface area contributed by atoms with Crippen LogP contribution in [0.25, 0.3) is 11.6 Å². The van der Waals surface area contributed by atoms with Crippen molar-refractivity contribution in [2.45, 2.75) is 45.4 Å². The van der Waals surface area contributed by atoms with Crippen LogP contribution in [-0.4, -0.2) is 25.9 Å². The van der Waals surface area contributed by atoms with Gasteiger partial charge in [-0.15, -0.1) is 28.1 Å². The second kappa shape index (κ2) is 9.92. The van der Waals surface area contributed by atoms with Crippen molar-refractivity contribution in [3.63, 3.8) is 0 Å². The number of nitrogens with zero attached hydrogens (tertiary/aromatic N) is 5. The molecule has 0 aliphatic carbocycles. The lowest BCUT2D eigenvalue weighted by molar-refractivity contribution is -0.0498. The fraction of sp³-hybridized carbons (Fsp3) is 0.304. The summed E-state index contributed by atoms with van der Waals surface area (Å²) < 4.78 is 33.5. The fourth-order valence-corrected chi connectivity index (χ4v) is 4.87. The predicted molar refractivity (Wildman–Crippen MR) is 120 cm³/mol. The van der Waals surface area contributed by atoms with Gasteiger partial charge < -0.3 is 9.30 Å². The predicted octanol–water partition coefficient (Wildman–Crippen LogP) is 2.57. The monoisotopic (exact) mass is 469 g/mol. The van der Waals surface area contributed by atoms with Crippen LogP contribution in [0, 0.1) is 11.3 Å². The summed E-state index contributed by atoms with van der Waals surface area (Å²) in [5.74, 6) is 1.35. The molecule has 170 valence electrons. The quantitative estimate of drug-likeness (QED) is 0.518. The molecule has 4 rings (SSSR count). The van der Waals surface area contributed by atoms with E-state index in [4.69, 9.17) is 0 Å². The van der Waals surface area contributed by atoms with E-state index in [1.807, 2.05) is 4.57 Å². The number of allylic oxidation sites excluding steroid dienone is 1. The van der Waals surface area contributed by atoms with Gasteiger partial charge in [-0.1, -0.05) is 24.6 Å². The summed E-state index contributed by atoms with van der Waals surface area (Å²) in [6.45, 7) is 1.78. The highest BCUT2D eigenvalue weighted by Crippen LogP contribution is 2.18. The number of hydrogen-bond donors (Lipinski definition) is 0. The van der Waals surface area contributed by atoms with Crippen LogP contribution in [0.5, 0.6) is 5.75 Å². The molecule has 0 amide bonds. The number of alkyl halides is 2. The molecule has 0 spiro atoms. The van der Waals surface area contributed by atoms with E-state index in [1.54, 1.807) is 24.3 Å². The molecule has 0 fully saturated rings. The van der Waals surface area contributed by atoms with Gasteiger partial charge in [0.2, 0.25) is 0 Å². The van der Waals surface area contributed by atoms with Gasteiger partial charge in [0.05, 0.1) is 4.53 Å². The van der Waals surface area contributed by atoms with Crippen LogP contribution in [0.15, 0.2) is 41.7 Å². The van der Waals surface area contributed by atoms with Gasteiger partial charge in [0.1, 0.15) is 27.9 Å². The Balaban J connectivity index is 1.87. The fourth-order valence-electron chi connectivity index (χ4n) is 3.76. The number of thiazole rings is 1. The van der Waals surface area contributed by atoms with Crippen molar-refractivity contribution in [3.05, 3.63) is 73.7 Å². The minimum atomic E-state index is -2.90. The van der Waals surface area contributed by atoms with E-state index in [0.717, 1.165) is 38.1 Å². The van der Waals surface area contributed by atoms with Crippen molar-refractivity contribution in [2.75, 3.05) is 0 Å². The average Bonchev–Trinajstić information content (AvgIpc) is 3.22. The molecule has 7 nitrogen and oxygen atoms in total. The number of nitriles is 1. The van der Waals surface area contributed by atoms with Crippen LogP contribution in [0.4, 0.5) is 8.78 Å². The molecule has 0 N–H and O–H groups in total. The Morgan fingerprint density at radius 2 is 2.06 bits per heavy atom. The van der Waals surface area contributed by atoms with Crippen molar-refractivity contribution in [1.82, 2.24) is 19.3 Å².